The summed E-state index contributed by atoms with van der Waals surface area (Å²) in [7, 11) is 0. The van der Waals surface area contributed by atoms with Crippen LogP contribution < -0.4 is 5.32 Å². The van der Waals surface area contributed by atoms with E-state index in [4.69, 9.17) is 23.2 Å². The Morgan fingerprint density at radius 3 is 2.55 bits per heavy atom. The fourth-order valence-corrected chi connectivity index (χ4v) is 5.31. The summed E-state index contributed by atoms with van der Waals surface area (Å²) in [6.45, 7) is 5.80. The lowest BCUT2D eigenvalue weighted by atomic mass is 9.60. The van der Waals surface area contributed by atoms with Crippen LogP contribution in [0.4, 0.5) is 8.78 Å². The largest absolute Gasteiger partial charge is 0.480 e. The molecule has 0 spiro atoms. The van der Waals surface area contributed by atoms with Gasteiger partial charge in [0.05, 0.1) is 6.07 Å². The molecule has 0 aromatic heterocycles. The van der Waals surface area contributed by atoms with Gasteiger partial charge in [0.15, 0.2) is 0 Å². The zero-order valence-electron chi connectivity index (χ0n) is 17.4. The predicted octanol–water partition coefficient (Wildman–Crippen LogP) is 5.36. The number of halogens is 4. The molecule has 0 saturated carbocycles. The molecule has 2 aliphatic rings. The molecule has 1 aliphatic carbocycles. The van der Waals surface area contributed by atoms with Crippen molar-refractivity contribution in [3.05, 3.63) is 58.9 Å². The normalized spacial score (nSPS) is 35.2. The number of hydrogen-bond acceptors (Lipinski definition) is 3. The fraction of sp³-hybridized carbons (Fsp3) is 0.478. The Bertz CT molecular complexity index is 981. The van der Waals surface area contributed by atoms with Crippen LogP contribution >= 0.6 is 23.2 Å². The Labute approximate surface area is 190 Å². The second-order valence-corrected chi connectivity index (χ2v) is 10.4. The molecule has 1 saturated heterocycles. The van der Waals surface area contributed by atoms with Gasteiger partial charge in [-0.15, -0.1) is 0 Å². The van der Waals surface area contributed by atoms with E-state index in [0.29, 0.717) is 6.42 Å². The first-order valence-electron chi connectivity index (χ1n) is 9.93. The number of rotatable bonds is 4. The number of aliphatic carboxylic acids is 1. The van der Waals surface area contributed by atoms with Crippen molar-refractivity contribution in [3.8, 4) is 6.07 Å². The van der Waals surface area contributed by atoms with Crippen LogP contribution in [0, 0.1) is 34.4 Å². The van der Waals surface area contributed by atoms with Crippen LogP contribution in [0.2, 0.25) is 5.02 Å². The van der Waals surface area contributed by atoms with Gasteiger partial charge in [-0.1, -0.05) is 68.3 Å². The number of nitriles is 1. The van der Waals surface area contributed by atoms with Crippen molar-refractivity contribution >= 4 is 29.2 Å². The monoisotopic (exact) mass is 468 g/mol. The minimum Gasteiger partial charge on any atom is -0.480 e. The number of nitrogens with zero attached hydrogens (tertiary/aromatic N) is 1. The average Bonchev–Trinajstić information content (AvgIpc) is 2.94. The van der Waals surface area contributed by atoms with E-state index in [1.807, 2.05) is 20.8 Å². The highest BCUT2D eigenvalue weighted by Crippen LogP contribution is 2.54. The number of hydrogen-bond donors (Lipinski definition) is 2. The van der Waals surface area contributed by atoms with E-state index in [9.17, 15) is 15.2 Å². The summed E-state index contributed by atoms with van der Waals surface area (Å²) in [6, 6.07) is 4.01. The van der Waals surface area contributed by atoms with E-state index in [-0.39, 0.29) is 16.0 Å². The highest BCUT2D eigenvalue weighted by molar-refractivity contribution is 6.30. The predicted molar refractivity (Wildman–Crippen MR) is 116 cm³/mol. The van der Waals surface area contributed by atoms with E-state index in [1.54, 1.807) is 6.08 Å². The maximum Gasteiger partial charge on any atom is 0.321 e. The minimum atomic E-state index is -2.43. The summed E-state index contributed by atoms with van der Waals surface area (Å²) in [5, 5.41) is 21.2. The number of carboxylic acid groups (broad SMARTS) is 1. The molecule has 6 atom stereocenters. The van der Waals surface area contributed by atoms with E-state index in [1.165, 1.54) is 24.3 Å². The van der Waals surface area contributed by atoms with Gasteiger partial charge in [-0.2, -0.15) is 5.26 Å². The Balaban J connectivity index is 2.32. The van der Waals surface area contributed by atoms with Gasteiger partial charge in [-0.25, -0.2) is 8.78 Å². The van der Waals surface area contributed by atoms with E-state index >= 15 is 8.78 Å². The molecule has 31 heavy (non-hydrogen) atoms. The molecule has 4 nitrogen and oxygen atoms in total. The summed E-state index contributed by atoms with van der Waals surface area (Å²) in [5.41, 5.74) is -2.07. The smallest absolute Gasteiger partial charge is 0.321 e. The molecule has 166 valence electrons. The molecule has 2 unspecified atom stereocenters. The lowest BCUT2D eigenvalue weighted by molar-refractivity contribution is -0.141. The van der Waals surface area contributed by atoms with E-state index < -0.39 is 46.2 Å². The van der Waals surface area contributed by atoms with Crippen molar-refractivity contribution in [1.29, 1.82) is 5.26 Å². The molecule has 1 heterocycles. The Morgan fingerprint density at radius 2 is 2.03 bits per heavy atom. The number of benzene rings is 1. The van der Waals surface area contributed by atoms with Gasteiger partial charge < -0.3 is 5.11 Å². The third kappa shape index (κ3) is 4.24. The zero-order valence-corrected chi connectivity index (χ0v) is 18.9. The molecular formula is C23H24Cl2F2N2O2. The van der Waals surface area contributed by atoms with Crippen molar-refractivity contribution in [2.24, 2.45) is 17.3 Å². The highest BCUT2D eigenvalue weighted by Gasteiger charge is 2.64. The van der Waals surface area contributed by atoms with E-state index in [2.05, 4.69) is 11.4 Å². The van der Waals surface area contributed by atoms with E-state index in [0.717, 1.165) is 12.1 Å². The highest BCUT2D eigenvalue weighted by atomic mass is 35.5. The summed E-state index contributed by atoms with van der Waals surface area (Å²) in [5.74, 6) is -4.39. The molecule has 8 heteroatoms. The molecule has 0 amide bonds. The maximum absolute atomic E-state index is 15.4. The van der Waals surface area contributed by atoms with Crippen LogP contribution in [-0.4, -0.2) is 28.3 Å². The molecule has 1 fully saturated rings. The van der Waals surface area contributed by atoms with Crippen LogP contribution in [0.5, 0.6) is 0 Å². The first-order valence-corrected chi connectivity index (χ1v) is 10.7. The van der Waals surface area contributed by atoms with Crippen LogP contribution in [0.3, 0.4) is 0 Å². The third-order valence-electron chi connectivity index (χ3n) is 6.04. The zero-order chi connectivity index (χ0) is 23.2. The standard InChI is InChI=1S/C23H24Cl2F2N2O2/c1-21(2,3)11-17-22(12-28,14-8-7-13(24)10-16(14)26)18(19(29-17)20(30)31)15-6-4-5-9-23(15,25)27/h4-10,15,17-19,29H,11H2,1-3H3,(H,30,31)/t15?,17-,18+,19+,22-,23?/m0/s1. The molecule has 3 rings (SSSR count). The Morgan fingerprint density at radius 1 is 1.35 bits per heavy atom. The molecular weight excluding hydrogens is 445 g/mol. The van der Waals surface area contributed by atoms with Crippen LogP contribution in [-0.2, 0) is 10.2 Å². The van der Waals surface area contributed by atoms with Gasteiger partial charge in [0.25, 0.3) is 0 Å². The lowest BCUT2D eigenvalue weighted by Gasteiger charge is -2.42. The molecule has 2 N–H and O–H groups in total. The second kappa shape index (κ2) is 8.20. The molecule has 0 radical (unpaired) electrons. The van der Waals surface area contributed by atoms with Crippen molar-refractivity contribution in [1.82, 2.24) is 5.32 Å². The van der Waals surface area contributed by atoms with Crippen molar-refractivity contribution in [2.75, 3.05) is 0 Å². The van der Waals surface area contributed by atoms with Crippen molar-refractivity contribution in [3.63, 3.8) is 0 Å². The van der Waals surface area contributed by atoms with Gasteiger partial charge in [-0.3, -0.25) is 10.1 Å². The molecule has 1 aromatic carbocycles. The number of nitrogens with one attached hydrogen (secondary N) is 1. The summed E-state index contributed by atoms with van der Waals surface area (Å²) < 4.78 is 30.7. The Hall–Kier alpha value is -1.94. The van der Waals surface area contributed by atoms with Crippen LogP contribution in [0.25, 0.3) is 0 Å². The van der Waals surface area contributed by atoms with Gasteiger partial charge in [0.2, 0.25) is 5.13 Å². The molecule has 0 bridgehead atoms. The molecule has 1 aliphatic heterocycles. The van der Waals surface area contributed by atoms with Crippen molar-refractivity contribution < 1.29 is 18.7 Å². The summed E-state index contributed by atoms with van der Waals surface area (Å²) >= 11 is 12.1. The lowest BCUT2D eigenvalue weighted by Crippen LogP contribution is -2.50. The average molecular weight is 469 g/mol. The van der Waals surface area contributed by atoms with Gasteiger partial charge >= 0.3 is 5.97 Å². The Kier molecular flexibility index (Phi) is 6.27. The SMILES string of the molecule is CC(C)(C)C[C@@H]1N[C@@H](C(=O)O)[C@@H](C2C=CC=CC2(F)Cl)[C@@]1(C#N)c1ccc(Cl)cc1F. The first-order chi connectivity index (χ1) is 14.3. The number of carbonyl (C=O) groups is 1. The van der Waals surface area contributed by atoms with Crippen LogP contribution in [0.1, 0.15) is 32.8 Å². The van der Waals surface area contributed by atoms with Crippen LogP contribution in [0.15, 0.2) is 42.5 Å². The maximum atomic E-state index is 15.4. The quantitative estimate of drug-likeness (QED) is 0.582. The number of allylic oxidation sites excluding steroid dienone is 4. The molecule has 1 aromatic rings. The van der Waals surface area contributed by atoms with Gasteiger partial charge in [0, 0.05) is 28.5 Å². The third-order valence-corrected chi connectivity index (χ3v) is 6.65. The van der Waals surface area contributed by atoms with Gasteiger partial charge in [0.1, 0.15) is 17.3 Å². The number of alkyl halides is 2. The number of carboxylic acids is 1. The summed E-state index contributed by atoms with van der Waals surface area (Å²) in [6.07, 6.45) is 5.90. The van der Waals surface area contributed by atoms with Gasteiger partial charge in [-0.05, 0) is 30.0 Å². The first kappa shape index (κ1) is 23.7. The topological polar surface area (TPSA) is 73.1 Å². The minimum absolute atomic E-state index is 0.0229. The fourth-order valence-electron chi connectivity index (χ4n) is 4.87. The summed E-state index contributed by atoms with van der Waals surface area (Å²) in [4.78, 5) is 12.3. The second-order valence-electron chi connectivity index (χ2n) is 9.38. The van der Waals surface area contributed by atoms with Crippen molar-refractivity contribution in [2.45, 2.75) is 49.8 Å².